The van der Waals surface area contributed by atoms with Crippen molar-refractivity contribution in [3.63, 3.8) is 0 Å². The lowest BCUT2D eigenvalue weighted by atomic mass is 9.76. The quantitative estimate of drug-likeness (QED) is 0.760. The summed E-state index contributed by atoms with van der Waals surface area (Å²) in [5, 5.41) is 6.88. The van der Waals surface area contributed by atoms with Crippen molar-refractivity contribution >= 4 is 24.5 Å². The molecule has 0 spiro atoms. The highest BCUT2D eigenvalue weighted by molar-refractivity contribution is 6.44. The number of benzene rings is 1. The van der Waals surface area contributed by atoms with Gasteiger partial charge in [-0.25, -0.2) is 4.99 Å². The molecule has 3 heterocycles. The molecular weight excluding hydrogens is 247 g/mol. The molecule has 0 atom stereocenters. The van der Waals surface area contributed by atoms with E-state index >= 15 is 0 Å². The van der Waals surface area contributed by atoms with Gasteiger partial charge in [-0.1, -0.05) is 19.0 Å². The Morgan fingerprint density at radius 3 is 3.05 bits per heavy atom. The molecule has 95 valence electrons. The summed E-state index contributed by atoms with van der Waals surface area (Å²) in [7, 11) is 2.06. The Hall–Kier alpha value is -2.65. The maximum Gasteiger partial charge on any atom is 0.176 e. The molecular formula is C15H12BN4. The van der Waals surface area contributed by atoms with E-state index in [0.717, 1.165) is 34.2 Å². The third kappa shape index (κ3) is 1.47. The van der Waals surface area contributed by atoms with Crippen LogP contribution in [0.15, 0.2) is 70.4 Å². The Balaban J connectivity index is 1.96. The second kappa shape index (κ2) is 4.18. The first-order valence-electron chi connectivity index (χ1n) is 6.55. The third-order valence-electron chi connectivity index (χ3n) is 3.54. The summed E-state index contributed by atoms with van der Waals surface area (Å²) in [5.74, 6) is 3.92. The molecule has 1 radical (unpaired) electrons. The summed E-state index contributed by atoms with van der Waals surface area (Å²) >= 11 is 0. The molecule has 1 aromatic carbocycles. The van der Waals surface area contributed by atoms with Crippen LogP contribution in [0.5, 0.6) is 0 Å². The maximum absolute atomic E-state index is 4.13. The van der Waals surface area contributed by atoms with Gasteiger partial charge in [0, 0.05) is 11.7 Å². The number of anilines is 2. The predicted octanol–water partition coefficient (Wildman–Crippen LogP) is 2.37. The second-order valence-electron chi connectivity index (χ2n) is 4.67. The van der Waals surface area contributed by atoms with Crippen molar-refractivity contribution in [2.24, 2.45) is 4.99 Å². The van der Waals surface area contributed by atoms with Gasteiger partial charge in [0.05, 0.1) is 29.0 Å². The highest BCUT2D eigenvalue weighted by atomic mass is 15.3. The highest BCUT2D eigenvalue weighted by Gasteiger charge is 2.33. The normalized spacial score (nSPS) is 18.1. The average Bonchev–Trinajstić information content (AvgIpc) is 2.71. The number of hydrogen-bond acceptors (Lipinski definition) is 4. The zero-order valence-corrected chi connectivity index (χ0v) is 11.0. The van der Waals surface area contributed by atoms with Gasteiger partial charge in [-0.05, 0) is 24.1 Å². The van der Waals surface area contributed by atoms with Gasteiger partial charge in [-0.2, -0.15) is 0 Å². The molecule has 0 fully saturated rings. The van der Waals surface area contributed by atoms with Crippen LogP contribution < -0.4 is 15.5 Å². The van der Waals surface area contributed by atoms with E-state index in [1.165, 1.54) is 0 Å². The monoisotopic (exact) mass is 259 g/mol. The van der Waals surface area contributed by atoms with Gasteiger partial charge < -0.3 is 10.6 Å². The first-order chi connectivity index (χ1) is 9.88. The Bertz CT molecular complexity index is 751. The second-order valence-corrected chi connectivity index (χ2v) is 4.67. The van der Waals surface area contributed by atoms with Crippen LogP contribution in [0.25, 0.3) is 0 Å². The summed E-state index contributed by atoms with van der Waals surface area (Å²) in [6.07, 6.45) is 5.65. The molecule has 3 aliphatic heterocycles. The number of fused-ring (bicyclic) bond motifs is 5. The van der Waals surface area contributed by atoms with Crippen LogP contribution in [0.4, 0.5) is 11.4 Å². The standard InChI is InChI=1S/C15H12BN4/c1-16-14-15-19-10-5-2-3-6-12(10)20(15)13-7-4-8-17-9-11(13)18-14/h2-7,9,18-19H,1H3. The van der Waals surface area contributed by atoms with Crippen molar-refractivity contribution < 1.29 is 0 Å². The lowest BCUT2D eigenvalue weighted by molar-refractivity contribution is 0.913. The van der Waals surface area contributed by atoms with Gasteiger partial charge in [-0.15, -0.1) is 0 Å². The fourth-order valence-corrected chi connectivity index (χ4v) is 2.64. The first-order valence-corrected chi connectivity index (χ1v) is 6.55. The van der Waals surface area contributed by atoms with E-state index in [9.17, 15) is 0 Å². The molecule has 20 heavy (non-hydrogen) atoms. The SMILES string of the molecule is C[B]C1=C2Nc3ccccc3N2C2=CC=C=NC=C2N1. The highest BCUT2D eigenvalue weighted by Crippen LogP contribution is 2.43. The Morgan fingerprint density at radius 1 is 1.25 bits per heavy atom. The van der Waals surface area contributed by atoms with E-state index in [4.69, 9.17) is 0 Å². The van der Waals surface area contributed by atoms with Crippen LogP contribution in [0.1, 0.15) is 0 Å². The maximum atomic E-state index is 4.13. The van der Waals surface area contributed by atoms with E-state index in [1.54, 1.807) is 6.20 Å². The molecule has 0 saturated heterocycles. The minimum absolute atomic E-state index is 0.974. The van der Waals surface area contributed by atoms with Gasteiger partial charge in [-0.3, -0.25) is 4.90 Å². The molecule has 0 amide bonds. The van der Waals surface area contributed by atoms with Gasteiger partial charge >= 0.3 is 0 Å². The van der Waals surface area contributed by atoms with Crippen molar-refractivity contribution in [3.8, 4) is 0 Å². The van der Waals surface area contributed by atoms with Crippen LogP contribution in [0, 0.1) is 0 Å². The van der Waals surface area contributed by atoms with Crippen LogP contribution in [-0.2, 0) is 0 Å². The molecule has 0 bridgehead atoms. The molecule has 4 rings (SSSR count). The van der Waals surface area contributed by atoms with Crippen LogP contribution >= 0.6 is 0 Å². The number of nitrogens with one attached hydrogen (secondary N) is 2. The van der Waals surface area contributed by atoms with Gasteiger partial charge in [0.25, 0.3) is 0 Å². The Morgan fingerprint density at radius 2 is 2.15 bits per heavy atom. The van der Waals surface area contributed by atoms with Crippen molar-refractivity contribution in [2.75, 3.05) is 10.2 Å². The van der Waals surface area contributed by atoms with E-state index in [-0.39, 0.29) is 0 Å². The van der Waals surface area contributed by atoms with Crippen molar-refractivity contribution in [2.45, 2.75) is 6.82 Å². The van der Waals surface area contributed by atoms with Gasteiger partial charge in [0.15, 0.2) is 7.28 Å². The molecule has 0 unspecified atom stereocenters. The fourth-order valence-electron chi connectivity index (χ4n) is 2.64. The van der Waals surface area contributed by atoms with E-state index < -0.39 is 0 Å². The third-order valence-corrected chi connectivity index (χ3v) is 3.54. The fraction of sp³-hybridized carbons (Fsp3) is 0.0667. The number of aliphatic imine (C=N–C) groups is 1. The zero-order chi connectivity index (χ0) is 13.5. The summed E-state index contributed by atoms with van der Waals surface area (Å²) < 4.78 is 0. The van der Waals surface area contributed by atoms with Crippen molar-refractivity contribution in [1.29, 1.82) is 0 Å². The zero-order valence-electron chi connectivity index (χ0n) is 11.0. The van der Waals surface area contributed by atoms with Crippen molar-refractivity contribution in [3.05, 3.63) is 65.4 Å². The Labute approximate surface area is 118 Å². The van der Waals surface area contributed by atoms with Crippen LogP contribution in [0.3, 0.4) is 0 Å². The van der Waals surface area contributed by atoms with Gasteiger partial charge in [0.2, 0.25) is 0 Å². The van der Waals surface area contributed by atoms with Gasteiger partial charge in [0.1, 0.15) is 5.82 Å². The number of nitrogens with zero attached hydrogens (tertiary/aromatic N) is 2. The van der Waals surface area contributed by atoms with E-state index in [0.29, 0.717) is 0 Å². The Kier molecular flexibility index (Phi) is 2.34. The topological polar surface area (TPSA) is 39.7 Å². The van der Waals surface area contributed by atoms with Crippen LogP contribution in [0.2, 0.25) is 6.82 Å². The largest absolute Gasteiger partial charge is 0.361 e. The lowest BCUT2D eigenvalue weighted by Gasteiger charge is -2.32. The molecule has 3 aliphatic rings. The minimum atomic E-state index is 0.974. The number of para-hydroxylation sites is 2. The number of hydrogen-bond donors (Lipinski definition) is 2. The molecule has 5 heteroatoms. The number of allylic oxidation sites excluding steroid dienone is 2. The van der Waals surface area contributed by atoms with Crippen LogP contribution in [-0.4, -0.2) is 13.1 Å². The van der Waals surface area contributed by atoms with E-state index in [2.05, 4.69) is 45.8 Å². The van der Waals surface area contributed by atoms with Crippen molar-refractivity contribution in [1.82, 2.24) is 5.32 Å². The first kappa shape index (κ1) is 11.2. The molecule has 2 N–H and O–H groups in total. The van der Waals surface area contributed by atoms with E-state index in [1.807, 2.05) is 31.1 Å². The summed E-state index contributed by atoms with van der Waals surface area (Å²) in [6, 6.07) is 8.28. The average molecular weight is 259 g/mol. The summed E-state index contributed by atoms with van der Waals surface area (Å²) in [5.41, 5.74) is 5.34. The minimum Gasteiger partial charge on any atom is -0.361 e. The molecule has 4 nitrogen and oxygen atoms in total. The number of rotatable bonds is 1. The summed E-state index contributed by atoms with van der Waals surface area (Å²) in [4.78, 5) is 6.34. The molecule has 0 saturated carbocycles. The smallest absolute Gasteiger partial charge is 0.176 e. The summed E-state index contributed by atoms with van der Waals surface area (Å²) in [6.45, 7) is 2.02. The predicted molar refractivity (Wildman–Crippen MR) is 82.5 cm³/mol. The molecule has 0 aliphatic carbocycles. The molecule has 0 aromatic heterocycles. The lowest BCUT2D eigenvalue weighted by Crippen LogP contribution is -2.37. The molecule has 1 aromatic rings.